The third kappa shape index (κ3) is 4.18. The van der Waals surface area contributed by atoms with Gasteiger partial charge in [-0.15, -0.1) is 0 Å². The molecule has 1 amide bonds. The van der Waals surface area contributed by atoms with Crippen LogP contribution in [0.5, 0.6) is 0 Å². The summed E-state index contributed by atoms with van der Waals surface area (Å²) in [6, 6.07) is 17.2. The summed E-state index contributed by atoms with van der Waals surface area (Å²) in [4.78, 5) is 11.7. The molecule has 4 nitrogen and oxygen atoms in total. The summed E-state index contributed by atoms with van der Waals surface area (Å²) in [7, 11) is 0. The van der Waals surface area contributed by atoms with E-state index in [1.54, 1.807) is 22.9 Å². The molecule has 3 aromatic carbocycles. The zero-order valence-electron chi connectivity index (χ0n) is 15.9. The lowest BCUT2D eigenvalue weighted by molar-refractivity contribution is -0.137. The Labute approximate surface area is 180 Å². The molecule has 0 bridgehead atoms. The van der Waals surface area contributed by atoms with Crippen molar-refractivity contribution in [3.8, 4) is 16.9 Å². The number of fused-ring (bicyclic) bond motifs is 1. The zero-order chi connectivity index (χ0) is 22.2. The van der Waals surface area contributed by atoms with Gasteiger partial charge in [-0.05, 0) is 42.5 Å². The van der Waals surface area contributed by atoms with Crippen LogP contribution < -0.4 is 5.32 Å². The van der Waals surface area contributed by atoms with Crippen molar-refractivity contribution in [1.82, 2.24) is 9.78 Å². The van der Waals surface area contributed by atoms with E-state index < -0.39 is 11.7 Å². The molecule has 156 valence electrons. The van der Waals surface area contributed by atoms with Crippen LogP contribution in [0.2, 0.25) is 5.02 Å². The first-order chi connectivity index (χ1) is 14.8. The van der Waals surface area contributed by atoms with Gasteiger partial charge in [0.2, 0.25) is 5.91 Å². The number of alkyl halides is 3. The van der Waals surface area contributed by atoms with Gasteiger partial charge in [-0.3, -0.25) is 4.79 Å². The fourth-order valence-corrected chi connectivity index (χ4v) is 3.48. The second-order valence-electron chi connectivity index (χ2n) is 6.74. The lowest BCUT2D eigenvalue weighted by atomic mass is 10.1. The summed E-state index contributed by atoms with van der Waals surface area (Å²) < 4.78 is 40.4. The Kier molecular flexibility index (Phi) is 5.29. The normalized spacial score (nSPS) is 11.5. The number of aromatic nitrogens is 2. The van der Waals surface area contributed by atoms with Crippen molar-refractivity contribution < 1.29 is 18.0 Å². The van der Waals surface area contributed by atoms with Gasteiger partial charge in [0.05, 0.1) is 16.8 Å². The molecule has 8 heteroatoms. The van der Waals surface area contributed by atoms with E-state index in [1.165, 1.54) is 12.1 Å². The van der Waals surface area contributed by atoms with Crippen LogP contribution in [0.25, 0.3) is 27.8 Å². The minimum atomic E-state index is -4.41. The largest absolute Gasteiger partial charge is 0.416 e. The number of anilines is 1. The number of hydrogen-bond acceptors (Lipinski definition) is 2. The number of halogens is 4. The first kappa shape index (κ1) is 20.7. The minimum Gasteiger partial charge on any atom is -0.322 e. The molecule has 1 aromatic heterocycles. The van der Waals surface area contributed by atoms with E-state index in [0.29, 0.717) is 27.7 Å². The monoisotopic (exact) mass is 441 g/mol. The molecular weight excluding hydrogens is 427 g/mol. The van der Waals surface area contributed by atoms with Gasteiger partial charge in [0.1, 0.15) is 5.69 Å². The molecule has 0 radical (unpaired) electrons. The third-order valence-electron chi connectivity index (χ3n) is 4.65. The number of para-hydroxylation sites is 1. The van der Waals surface area contributed by atoms with E-state index in [1.807, 2.05) is 24.3 Å². The highest BCUT2D eigenvalue weighted by Crippen LogP contribution is 2.34. The van der Waals surface area contributed by atoms with Gasteiger partial charge in [-0.1, -0.05) is 48.5 Å². The van der Waals surface area contributed by atoms with Gasteiger partial charge in [-0.25, -0.2) is 4.68 Å². The standard InChI is InChI=1S/C23H15ClF3N3O/c1-2-21(31)28-17-11-16(24)12-18(13-17)30-20-6-4-3-5-19(20)22(29-30)14-7-9-15(10-8-14)23(25,26)27/h2-13H,1H2,(H,28,31). The van der Waals surface area contributed by atoms with Gasteiger partial charge in [0.25, 0.3) is 0 Å². The molecule has 0 fully saturated rings. The zero-order valence-corrected chi connectivity index (χ0v) is 16.7. The number of amides is 1. The maximum absolute atomic E-state index is 12.9. The molecule has 4 aromatic rings. The van der Waals surface area contributed by atoms with Crippen LogP contribution >= 0.6 is 11.6 Å². The first-order valence-corrected chi connectivity index (χ1v) is 9.54. The van der Waals surface area contributed by atoms with Crippen LogP contribution in [0.4, 0.5) is 18.9 Å². The summed E-state index contributed by atoms with van der Waals surface area (Å²) in [6.45, 7) is 3.43. The van der Waals surface area contributed by atoms with Crippen molar-refractivity contribution in [1.29, 1.82) is 0 Å². The highest BCUT2D eigenvalue weighted by molar-refractivity contribution is 6.31. The van der Waals surface area contributed by atoms with E-state index in [0.717, 1.165) is 29.1 Å². The number of rotatable bonds is 4. The van der Waals surface area contributed by atoms with Crippen LogP contribution in [-0.4, -0.2) is 15.7 Å². The lowest BCUT2D eigenvalue weighted by Crippen LogP contribution is -2.08. The smallest absolute Gasteiger partial charge is 0.322 e. The van der Waals surface area contributed by atoms with Crippen molar-refractivity contribution >= 4 is 34.1 Å². The average molecular weight is 442 g/mol. The fourth-order valence-electron chi connectivity index (χ4n) is 3.26. The number of nitrogens with zero attached hydrogens (tertiary/aromatic N) is 2. The topological polar surface area (TPSA) is 46.9 Å². The molecule has 0 aliphatic heterocycles. The third-order valence-corrected chi connectivity index (χ3v) is 4.87. The van der Waals surface area contributed by atoms with E-state index in [9.17, 15) is 18.0 Å². The maximum Gasteiger partial charge on any atom is 0.416 e. The summed E-state index contributed by atoms with van der Waals surface area (Å²) >= 11 is 6.24. The van der Waals surface area contributed by atoms with Gasteiger partial charge < -0.3 is 5.32 Å². The van der Waals surface area contributed by atoms with E-state index in [2.05, 4.69) is 17.0 Å². The molecule has 1 heterocycles. The molecule has 0 unspecified atom stereocenters. The summed E-state index contributed by atoms with van der Waals surface area (Å²) in [5, 5.41) is 8.45. The number of carbonyl (C=O) groups excluding carboxylic acids is 1. The average Bonchev–Trinajstić information content (AvgIpc) is 3.12. The van der Waals surface area contributed by atoms with Gasteiger partial charge in [0, 0.05) is 21.7 Å². The maximum atomic E-state index is 12.9. The van der Waals surface area contributed by atoms with Crippen molar-refractivity contribution in [2.45, 2.75) is 6.18 Å². The number of benzene rings is 3. The summed E-state index contributed by atoms with van der Waals surface area (Å²) in [5.74, 6) is -0.385. The van der Waals surface area contributed by atoms with Crippen LogP contribution in [0.15, 0.2) is 79.4 Å². The Hall–Kier alpha value is -3.58. The number of nitrogens with one attached hydrogen (secondary N) is 1. The molecule has 0 atom stereocenters. The SMILES string of the molecule is C=CC(=O)Nc1cc(Cl)cc(-n2nc(-c3ccc(C(F)(F)F)cc3)c3ccccc32)c1. The number of hydrogen-bond donors (Lipinski definition) is 1. The van der Waals surface area contributed by atoms with Crippen LogP contribution in [0.3, 0.4) is 0 Å². The minimum absolute atomic E-state index is 0.382. The van der Waals surface area contributed by atoms with Crippen LogP contribution in [0, 0.1) is 0 Å². The van der Waals surface area contributed by atoms with Crippen LogP contribution in [0.1, 0.15) is 5.56 Å². The Morgan fingerprint density at radius 3 is 2.45 bits per heavy atom. The lowest BCUT2D eigenvalue weighted by Gasteiger charge is -2.09. The molecule has 0 aliphatic carbocycles. The highest BCUT2D eigenvalue weighted by Gasteiger charge is 2.30. The summed E-state index contributed by atoms with van der Waals surface area (Å²) in [5.41, 5.74) is 2.13. The van der Waals surface area contributed by atoms with E-state index in [-0.39, 0.29) is 5.91 Å². The Bertz CT molecular complexity index is 1290. The quantitative estimate of drug-likeness (QED) is 0.368. The van der Waals surface area contributed by atoms with Gasteiger partial charge >= 0.3 is 6.18 Å². The predicted octanol–water partition coefficient (Wildman–Crippen LogP) is 6.49. The van der Waals surface area contributed by atoms with Gasteiger partial charge in [0.15, 0.2) is 0 Å². The van der Waals surface area contributed by atoms with E-state index in [4.69, 9.17) is 11.6 Å². The predicted molar refractivity (Wildman–Crippen MR) is 115 cm³/mol. The van der Waals surface area contributed by atoms with Crippen molar-refractivity contribution in [2.75, 3.05) is 5.32 Å². The molecule has 4 rings (SSSR count). The second-order valence-corrected chi connectivity index (χ2v) is 7.18. The summed E-state index contributed by atoms with van der Waals surface area (Å²) in [6.07, 6.45) is -3.26. The highest BCUT2D eigenvalue weighted by atomic mass is 35.5. The van der Waals surface area contributed by atoms with Crippen molar-refractivity contribution in [2.24, 2.45) is 0 Å². The van der Waals surface area contributed by atoms with Crippen molar-refractivity contribution in [3.05, 3.63) is 90.0 Å². The Morgan fingerprint density at radius 1 is 1.06 bits per heavy atom. The molecule has 31 heavy (non-hydrogen) atoms. The van der Waals surface area contributed by atoms with E-state index >= 15 is 0 Å². The van der Waals surface area contributed by atoms with Crippen LogP contribution in [-0.2, 0) is 11.0 Å². The Morgan fingerprint density at radius 2 is 1.77 bits per heavy atom. The Balaban J connectivity index is 1.85. The fraction of sp³-hybridized carbons (Fsp3) is 0.0435. The molecule has 0 spiro atoms. The molecule has 0 saturated carbocycles. The molecular formula is C23H15ClF3N3O. The van der Waals surface area contributed by atoms with Gasteiger partial charge in [-0.2, -0.15) is 18.3 Å². The molecule has 0 saturated heterocycles. The second kappa shape index (κ2) is 7.92. The van der Waals surface area contributed by atoms with Crippen molar-refractivity contribution in [3.63, 3.8) is 0 Å². The first-order valence-electron chi connectivity index (χ1n) is 9.16. The number of carbonyl (C=O) groups is 1. The molecule has 0 aliphatic rings. The molecule has 1 N–H and O–H groups in total.